The van der Waals surface area contributed by atoms with Gasteiger partial charge in [-0.3, -0.25) is 0 Å². The van der Waals surface area contributed by atoms with Crippen molar-refractivity contribution < 1.29 is 0 Å². The molecular formula is C10H14BrClN2. The monoisotopic (exact) mass is 276 g/mol. The lowest BCUT2D eigenvalue weighted by Crippen LogP contribution is -2.42. The molecule has 0 aliphatic carbocycles. The predicted molar refractivity (Wildman–Crippen MR) is 65.0 cm³/mol. The maximum Gasteiger partial charge on any atom is 0.0458 e. The van der Waals surface area contributed by atoms with E-state index in [1.165, 1.54) is 10.0 Å². The molecule has 14 heavy (non-hydrogen) atoms. The van der Waals surface area contributed by atoms with Crippen molar-refractivity contribution in [3.8, 4) is 0 Å². The first-order valence-electron chi connectivity index (χ1n) is 4.56. The first-order valence-corrected chi connectivity index (χ1v) is 5.36. The van der Waals surface area contributed by atoms with Crippen LogP contribution < -0.4 is 10.6 Å². The number of hydrogen-bond acceptors (Lipinski definition) is 2. The summed E-state index contributed by atoms with van der Waals surface area (Å²) in [5.41, 5.74) is 1.34. The van der Waals surface area contributed by atoms with Crippen molar-refractivity contribution in [2.45, 2.75) is 6.04 Å². The Morgan fingerprint density at radius 3 is 2.64 bits per heavy atom. The van der Waals surface area contributed by atoms with Gasteiger partial charge < -0.3 is 10.6 Å². The molecule has 0 aromatic heterocycles. The first-order chi connectivity index (χ1) is 6.38. The summed E-state index contributed by atoms with van der Waals surface area (Å²) in [4.78, 5) is 0. The molecule has 1 atom stereocenters. The highest BCUT2D eigenvalue weighted by atomic mass is 79.9. The summed E-state index contributed by atoms with van der Waals surface area (Å²) in [6, 6.07) is 8.82. The van der Waals surface area contributed by atoms with Gasteiger partial charge in [-0.05, 0) is 11.6 Å². The highest BCUT2D eigenvalue weighted by Crippen LogP contribution is 2.23. The molecule has 0 unspecified atom stereocenters. The van der Waals surface area contributed by atoms with Crippen molar-refractivity contribution in [1.29, 1.82) is 0 Å². The molecule has 78 valence electrons. The SMILES string of the molecule is Brc1ccccc1[C@@H]1CNCCN1.Cl. The zero-order valence-corrected chi connectivity index (χ0v) is 10.2. The minimum absolute atomic E-state index is 0. The van der Waals surface area contributed by atoms with Crippen LogP contribution in [0.15, 0.2) is 28.7 Å². The van der Waals surface area contributed by atoms with E-state index in [9.17, 15) is 0 Å². The number of halogens is 2. The van der Waals surface area contributed by atoms with Crippen molar-refractivity contribution in [2.24, 2.45) is 0 Å². The van der Waals surface area contributed by atoms with Crippen molar-refractivity contribution >= 4 is 28.3 Å². The molecule has 1 aliphatic heterocycles. The van der Waals surface area contributed by atoms with E-state index < -0.39 is 0 Å². The summed E-state index contributed by atoms with van der Waals surface area (Å²) < 4.78 is 1.19. The zero-order valence-electron chi connectivity index (χ0n) is 7.79. The van der Waals surface area contributed by atoms with Crippen LogP contribution in [-0.4, -0.2) is 19.6 Å². The third kappa shape index (κ3) is 2.70. The minimum atomic E-state index is 0. The van der Waals surface area contributed by atoms with Gasteiger partial charge in [-0.2, -0.15) is 0 Å². The number of benzene rings is 1. The fraction of sp³-hybridized carbons (Fsp3) is 0.400. The van der Waals surface area contributed by atoms with E-state index in [2.05, 4.69) is 44.8 Å². The van der Waals surface area contributed by atoms with Crippen LogP contribution in [0.4, 0.5) is 0 Å². The topological polar surface area (TPSA) is 24.1 Å². The minimum Gasteiger partial charge on any atom is -0.314 e. The second-order valence-corrected chi connectivity index (χ2v) is 4.09. The van der Waals surface area contributed by atoms with E-state index in [1.54, 1.807) is 0 Å². The molecule has 2 nitrogen and oxygen atoms in total. The van der Waals surface area contributed by atoms with Gasteiger partial charge in [0.25, 0.3) is 0 Å². The standard InChI is InChI=1S/C10H13BrN2.ClH/c11-9-4-2-1-3-8(9)10-7-12-5-6-13-10;/h1-4,10,12-13H,5-7H2;1H/t10-;/m0./s1. The second-order valence-electron chi connectivity index (χ2n) is 3.23. The maximum absolute atomic E-state index is 3.56. The molecule has 1 fully saturated rings. The predicted octanol–water partition coefficient (Wildman–Crippen LogP) is 2.10. The summed E-state index contributed by atoms with van der Waals surface area (Å²) in [6.45, 7) is 3.13. The summed E-state index contributed by atoms with van der Waals surface area (Å²) in [5, 5.41) is 6.86. The smallest absolute Gasteiger partial charge is 0.0458 e. The van der Waals surface area contributed by atoms with Crippen molar-refractivity contribution in [3.63, 3.8) is 0 Å². The molecule has 2 rings (SSSR count). The summed E-state index contributed by atoms with van der Waals surface area (Å²) in [7, 11) is 0. The molecule has 2 N–H and O–H groups in total. The van der Waals surface area contributed by atoms with Crippen molar-refractivity contribution in [1.82, 2.24) is 10.6 Å². The molecule has 1 aliphatic rings. The molecule has 0 spiro atoms. The Morgan fingerprint density at radius 1 is 1.21 bits per heavy atom. The average molecular weight is 278 g/mol. The Balaban J connectivity index is 0.000000980. The highest BCUT2D eigenvalue weighted by molar-refractivity contribution is 9.10. The van der Waals surface area contributed by atoms with Gasteiger partial charge in [0.05, 0.1) is 0 Å². The molecule has 1 aromatic rings. The molecule has 0 radical (unpaired) electrons. The lowest BCUT2D eigenvalue weighted by molar-refractivity contribution is 0.429. The molecule has 4 heteroatoms. The third-order valence-electron chi connectivity index (χ3n) is 2.32. The molecule has 1 aromatic carbocycles. The Morgan fingerprint density at radius 2 is 2.00 bits per heavy atom. The van der Waals surface area contributed by atoms with Gasteiger partial charge in [-0.25, -0.2) is 0 Å². The molecule has 0 amide bonds. The normalized spacial score (nSPS) is 21.4. The highest BCUT2D eigenvalue weighted by Gasteiger charge is 2.15. The summed E-state index contributed by atoms with van der Waals surface area (Å²) in [5.74, 6) is 0. The van der Waals surface area contributed by atoms with Crippen molar-refractivity contribution in [3.05, 3.63) is 34.3 Å². The van der Waals surface area contributed by atoms with Crippen LogP contribution in [0.2, 0.25) is 0 Å². The number of rotatable bonds is 1. The van der Waals surface area contributed by atoms with Gasteiger partial charge in [0.2, 0.25) is 0 Å². The van der Waals surface area contributed by atoms with Crippen LogP contribution in [0, 0.1) is 0 Å². The van der Waals surface area contributed by atoms with Crippen molar-refractivity contribution in [2.75, 3.05) is 19.6 Å². The molecule has 0 bridgehead atoms. The quantitative estimate of drug-likeness (QED) is 0.821. The fourth-order valence-electron chi connectivity index (χ4n) is 1.63. The second kappa shape index (κ2) is 5.71. The molecule has 1 saturated heterocycles. The lowest BCUT2D eigenvalue weighted by Gasteiger charge is -2.25. The van der Waals surface area contributed by atoms with Crippen LogP contribution in [0.1, 0.15) is 11.6 Å². The Hall–Kier alpha value is -0.0900. The number of hydrogen-bond donors (Lipinski definition) is 2. The van der Waals surface area contributed by atoms with Gasteiger partial charge >= 0.3 is 0 Å². The van der Waals surface area contributed by atoms with E-state index in [1.807, 2.05) is 6.07 Å². The molecule has 0 saturated carbocycles. The maximum atomic E-state index is 3.56. The van der Waals surface area contributed by atoms with E-state index in [0.717, 1.165) is 19.6 Å². The van der Waals surface area contributed by atoms with E-state index in [4.69, 9.17) is 0 Å². The van der Waals surface area contributed by atoms with Gasteiger partial charge in [0.1, 0.15) is 0 Å². The van der Waals surface area contributed by atoms with E-state index in [0.29, 0.717) is 6.04 Å². The largest absolute Gasteiger partial charge is 0.314 e. The van der Waals surface area contributed by atoms with Gasteiger partial charge in [0, 0.05) is 30.1 Å². The Labute approximate surface area is 99.0 Å². The first kappa shape index (κ1) is 12.0. The van der Waals surface area contributed by atoms with Gasteiger partial charge in [-0.1, -0.05) is 34.1 Å². The summed E-state index contributed by atoms with van der Waals surface area (Å²) in [6.07, 6.45) is 0. The average Bonchev–Trinajstić information content (AvgIpc) is 2.20. The van der Waals surface area contributed by atoms with Gasteiger partial charge in [0.15, 0.2) is 0 Å². The lowest BCUT2D eigenvalue weighted by atomic mass is 10.1. The van der Waals surface area contributed by atoms with E-state index >= 15 is 0 Å². The Bertz CT molecular complexity index is 287. The summed E-state index contributed by atoms with van der Waals surface area (Å²) >= 11 is 3.56. The fourth-order valence-corrected chi connectivity index (χ4v) is 2.19. The number of nitrogens with one attached hydrogen (secondary N) is 2. The molecular weight excluding hydrogens is 263 g/mol. The van der Waals surface area contributed by atoms with Crippen LogP contribution in [0.25, 0.3) is 0 Å². The van der Waals surface area contributed by atoms with Crippen LogP contribution in [0.3, 0.4) is 0 Å². The molecule has 1 heterocycles. The van der Waals surface area contributed by atoms with Crippen LogP contribution >= 0.6 is 28.3 Å². The van der Waals surface area contributed by atoms with Crippen LogP contribution in [-0.2, 0) is 0 Å². The third-order valence-corrected chi connectivity index (χ3v) is 3.04. The zero-order chi connectivity index (χ0) is 9.10. The Kier molecular flexibility index (Phi) is 4.89. The number of piperazine rings is 1. The van der Waals surface area contributed by atoms with Crippen LogP contribution in [0.5, 0.6) is 0 Å². The van der Waals surface area contributed by atoms with E-state index in [-0.39, 0.29) is 12.4 Å². The van der Waals surface area contributed by atoms with Gasteiger partial charge in [-0.15, -0.1) is 12.4 Å².